The topological polar surface area (TPSA) is 69.3 Å². The number of rotatable bonds is 17. The molecule has 5 nitrogen and oxygen atoms in total. The van der Waals surface area contributed by atoms with E-state index in [9.17, 15) is 15.2 Å². The number of para-hydroxylation sites is 2. The molecule has 0 bridgehead atoms. The molecule has 4 rings (SSSR count). The fraction of sp³-hybridized carbons (Fsp3) is 0.316. The number of unbranched alkanes of at least 4 members (excludes halogenated alkanes) is 9. The molecular weight excluding hydrogens is 530 g/mol. The molecule has 4 aromatic rings. The molecule has 1 N–H and O–H groups in total. The minimum atomic E-state index is -1.21. The van der Waals surface area contributed by atoms with Gasteiger partial charge in [-0.25, -0.2) is 4.79 Å². The summed E-state index contributed by atoms with van der Waals surface area (Å²) in [4.78, 5) is 13.8. The van der Waals surface area contributed by atoms with Gasteiger partial charge >= 0.3 is 5.97 Å². The monoisotopic (exact) mass is 573 g/mol. The van der Waals surface area contributed by atoms with Gasteiger partial charge in [0.15, 0.2) is 0 Å². The SMILES string of the molecule is CCCCCCCCCCCCn1c(/C=C(/C#N)C(=O)O)ccc1-c1ccc(N(c2ccccc2)c2ccccc2)cc1. The average Bonchev–Trinajstić information content (AvgIpc) is 3.44. The highest BCUT2D eigenvalue weighted by Gasteiger charge is 2.15. The maximum atomic E-state index is 11.6. The lowest BCUT2D eigenvalue weighted by atomic mass is 10.1. The molecule has 0 saturated carbocycles. The van der Waals surface area contributed by atoms with E-state index in [-0.39, 0.29) is 5.57 Å². The van der Waals surface area contributed by atoms with Crippen LogP contribution in [0.15, 0.2) is 103 Å². The van der Waals surface area contributed by atoms with Crippen LogP contribution in [-0.4, -0.2) is 15.6 Å². The van der Waals surface area contributed by atoms with E-state index in [4.69, 9.17) is 0 Å². The van der Waals surface area contributed by atoms with Crippen molar-refractivity contribution in [2.24, 2.45) is 0 Å². The van der Waals surface area contributed by atoms with Crippen molar-refractivity contribution >= 4 is 29.1 Å². The fourth-order valence-corrected chi connectivity index (χ4v) is 5.54. The van der Waals surface area contributed by atoms with E-state index in [1.807, 2.05) is 54.6 Å². The molecule has 5 heteroatoms. The number of carbonyl (C=O) groups is 1. The van der Waals surface area contributed by atoms with Gasteiger partial charge in [0.2, 0.25) is 0 Å². The third-order valence-electron chi connectivity index (χ3n) is 7.84. The Morgan fingerprint density at radius 1 is 0.721 bits per heavy atom. The number of hydrogen-bond acceptors (Lipinski definition) is 3. The van der Waals surface area contributed by atoms with Crippen molar-refractivity contribution in [2.45, 2.75) is 77.7 Å². The van der Waals surface area contributed by atoms with E-state index < -0.39 is 5.97 Å². The van der Waals surface area contributed by atoms with Crippen LogP contribution in [0.5, 0.6) is 0 Å². The van der Waals surface area contributed by atoms with Gasteiger partial charge in [0, 0.05) is 35.0 Å². The van der Waals surface area contributed by atoms with Crippen LogP contribution >= 0.6 is 0 Å². The molecule has 0 aliphatic carbocycles. The van der Waals surface area contributed by atoms with Crippen molar-refractivity contribution < 1.29 is 9.90 Å². The largest absolute Gasteiger partial charge is 0.477 e. The zero-order valence-corrected chi connectivity index (χ0v) is 25.3. The van der Waals surface area contributed by atoms with E-state index in [1.54, 1.807) is 0 Å². The van der Waals surface area contributed by atoms with Crippen molar-refractivity contribution in [1.29, 1.82) is 5.26 Å². The Balaban J connectivity index is 1.53. The number of benzene rings is 3. The summed E-state index contributed by atoms with van der Waals surface area (Å²) in [6.07, 6.45) is 14.0. The summed E-state index contributed by atoms with van der Waals surface area (Å²) in [5, 5.41) is 18.9. The lowest BCUT2D eigenvalue weighted by molar-refractivity contribution is -0.132. The highest BCUT2D eigenvalue weighted by Crippen LogP contribution is 2.35. The molecule has 43 heavy (non-hydrogen) atoms. The Hall–Kier alpha value is -4.56. The first-order valence-corrected chi connectivity index (χ1v) is 15.7. The maximum Gasteiger partial charge on any atom is 0.346 e. The van der Waals surface area contributed by atoms with Crippen LogP contribution in [0.3, 0.4) is 0 Å². The van der Waals surface area contributed by atoms with Gasteiger partial charge in [0.25, 0.3) is 0 Å². The van der Waals surface area contributed by atoms with Gasteiger partial charge in [-0.2, -0.15) is 5.26 Å². The molecule has 0 aliphatic heterocycles. The van der Waals surface area contributed by atoms with Gasteiger partial charge in [0.05, 0.1) is 0 Å². The van der Waals surface area contributed by atoms with Gasteiger partial charge in [-0.05, 0) is 66.6 Å². The number of carboxylic acids is 1. The van der Waals surface area contributed by atoms with Crippen molar-refractivity contribution in [2.75, 3.05) is 4.90 Å². The summed E-state index contributed by atoms with van der Waals surface area (Å²) in [5.74, 6) is -1.21. The van der Waals surface area contributed by atoms with Gasteiger partial charge < -0.3 is 14.6 Å². The lowest BCUT2D eigenvalue weighted by Crippen LogP contribution is -2.09. The smallest absolute Gasteiger partial charge is 0.346 e. The predicted octanol–water partition coefficient (Wildman–Crippen LogP) is 10.5. The molecule has 0 radical (unpaired) electrons. The van der Waals surface area contributed by atoms with E-state index in [0.29, 0.717) is 0 Å². The van der Waals surface area contributed by atoms with Gasteiger partial charge in [0.1, 0.15) is 11.6 Å². The first kappa shape index (κ1) is 31.4. The minimum Gasteiger partial charge on any atom is -0.477 e. The number of nitrogens with zero attached hydrogens (tertiary/aromatic N) is 3. The summed E-state index contributed by atoms with van der Waals surface area (Å²) in [5.41, 5.74) is 5.75. The Kier molecular flexibility index (Phi) is 12.2. The van der Waals surface area contributed by atoms with Gasteiger partial charge in [-0.1, -0.05) is 113 Å². The minimum absolute atomic E-state index is 0.259. The van der Waals surface area contributed by atoms with E-state index >= 15 is 0 Å². The average molecular weight is 574 g/mol. The fourth-order valence-electron chi connectivity index (χ4n) is 5.54. The van der Waals surface area contributed by atoms with Gasteiger partial charge in [-0.3, -0.25) is 0 Å². The standard InChI is InChI=1S/C38H43N3O2/c1-2-3-4-5-6-7-8-9-10-17-28-40-36(29-32(30-39)38(42)43)26-27-37(40)31-22-24-35(25-23-31)41(33-18-13-11-14-19-33)34-20-15-12-16-21-34/h11-16,18-27,29H,2-10,17,28H2,1H3,(H,42,43)/b32-29-. The number of nitriles is 1. The summed E-state index contributed by atoms with van der Waals surface area (Å²) >= 11 is 0. The predicted molar refractivity (Wildman–Crippen MR) is 178 cm³/mol. The van der Waals surface area contributed by atoms with Crippen molar-refractivity contribution in [3.63, 3.8) is 0 Å². The third kappa shape index (κ3) is 8.96. The number of aliphatic carboxylic acids is 1. The Labute approximate surface area is 256 Å². The first-order chi connectivity index (χ1) is 21.1. The van der Waals surface area contributed by atoms with E-state index in [0.717, 1.165) is 53.4 Å². The summed E-state index contributed by atoms with van der Waals surface area (Å²) in [6.45, 7) is 3.02. The second-order valence-corrected chi connectivity index (χ2v) is 11.0. The van der Waals surface area contributed by atoms with Crippen molar-refractivity contribution in [3.8, 4) is 17.3 Å². The molecule has 0 aliphatic rings. The molecular formula is C38H43N3O2. The van der Waals surface area contributed by atoms with Crippen molar-refractivity contribution in [1.82, 2.24) is 4.57 Å². The normalized spacial score (nSPS) is 11.3. The third-order valence-corrected chi connectivity index (χ3v) is 7.84. The zero-order chi connectivity index (χ0) is 30.3. The molecule has 0 amide bonds. The van der Waals surface area contributed by atoms with Crippen LogP contribution in [-0.2, 0) is 11.3 Å². The van der Waals surface area contributed by atoms with Gasteiger partial charge in [-0.15, -0.1) is 0 Å². The Bertz CT molecular complexity index is 1440. The highest BCUT2D eigenvalue weighted by molar-refractivity contribution is 5.96. The second kappa shape index (κ2) is 16.8. The number of hydrogen-bond donors (Lipinski definition) is 1. The number of carboxylic acid groups (broad SMARTS) is 1. The van der Waals surface area contributed by atoms with Crippen LogP contribution in [0.2, 0.25) is 0 Å². The molecule has 0 spiro atoms. The molecule has 0 atom stereocenters. The van der Waals surface area contributed by atoms with Crippen LogP contribution in [0.25, 0.3) is 17.3 Å². The Morgan fingerprint density at radius 3 is 1.74 bits per heavy atom. The molecule has 3 aromatic carbocycles. The quantitative estimate of drug-likeness (QED) is 0.0775. The molecule has 1 aromatic heterocycles. The lowest BCUT2D eigenvalue weighted by Gasteiger charge is -2.25. The van der Waals surface area contributed by atoms with Crippen LogP contribution < -0.4 is 4.90 Å². The van der Waals surface area contributed by atoms with E-state index in [2.05, 4.69) is 64.9 Å². The maximum absolute atomic E-state index is 11.6. The number of aromatic nitrogens is 1. The van der Waals surface area contributed by atoms with Crippen molar-refractivity contribution in [3.05, 3.63) is 108 Å². The van der Waals surface area contributed by atoms with Crippen LogP contribution in [0, 0.1) is 11.3 Å². The summed E-state index contributed by atoms with van der Waals surface area (Å²) in [7, 11) is 0. The molecule has 222 valence electrons. The molecule has 0 fully saturated rings. The number of anilines is 3. The zero-order valence-electron chi connectivity index (χ0n) is 25.3. The molecule has 0 saturated heterocycles. The summed E-state index contributed by atoms with van der Waals surface area (Å²) in [6, 6.07) is 34.9. The highest BCUT2D eigenvalue weighted by atomic mass is 16.4. The first-order valence-electron chi connectivity index (χ1n) is 15.7. The molecule has 0 unspecified atom stereocenters. The molecule has 1 heterocycles. The van der Waals surface area contributed by atoms with Crippen LogP contribution in [0.4, 0.5) is 17.1 Å². The summed E-state index contributed by atoms with van der Waals surface area (Å²) < 4.78 is 2.16. The second-order valence-electron chi connectivity index (χ2n) is 11.0. The van der Waals surface area contributed by atoms with Crippen LogP contribution in [0.1, 0.15) is 76.8 Å². The van der Waals surface area contributed by atoms with E-state index in [1.165, 1.54) is 57.4 Å². The Morgan fingerprint density at radius 2 is 1.23 bits per heavy atom.